The molecule has 0 radical (unpaired) electrons. The predicted octanol–water partition coefficient (Wildman–Crippen LogP) is 4.42. The van der Waals surface area contributed by atoms with E-state index in [4.69, 9.17) is 9.57 Å². The fourth-order valence-corrected chi connectivity index (χ4v) is 4.17. The molecule has 1 aliphatic heterocycles. The van der Waals surface area contributed by atoms with Gasteiger partial charge in [-0.25, -0.2) is 9.63 Å². The maximum atomic E-state index is 12.9. The number of carbonyl (C=O) groups is 1. The number of carbonyl (C=O) groups excluding carboxylic acids is 1. The summed E-state index contributed by atoms with van der Waals surface area (Å²) in [6.07, 6.45) is 0. The maximum absolute atomic E-state index is 12.9. The third-order valence-corrected chi connectivity index (χ3v) is 5.43. The highest BCUT2D eigenvalue weighted by atomic mass is 32.1. The van der Waals surface area contributed by atoms with E-state index in [9.17, 15) is 4.79 Å². The van der Waals surface area contributed by atoms with E-state index in [1.165, 1.54) is 15.1 Å². The molecule has 0 N–H and O–H groups in total. The largest absolute Gasteiger partial charge is 0.356 e. The lowest BCUT2D eigenvalue weighted by Crippen LogP contribution is -2.33. The summed E-state index contributed by atoms with van der Waals surface area (Å²) in [6.45, 7) is 0.579. The molecule has 4 rings (SSSR count). The molecule has 1 aromatic heterocycles. The van der Waals surface area contributed by atoms with Crippen LogP contribution in [0.4, 0.5) is 10.5 Å². The van der Waals surface area contributed by atoms with Gasteiger partial charge in [-0.05, 0) is 29.7 Å². The van der Waals surface area contributed by atoms with Crippen molar-refractivity contribution in [2.75, 3.05) is 25.3 Å². The molecule has 6 heteroatoms. The van der Waals surface area contributed by atoms with Gasteiger partial charge in [-0.3, -0.25) is 4.90 Å². The summed E-state index contributed by atoms with van der Waals surface area (Å²) in [7, 11) is 1.55. The lowest BCUT2D eigenvalue weighted by molar-refractivity contribution is -0.194. The zero-order valence-electron chi connectivity index (χ0n) is 13.8. The smallest absolute Gasteiger partial charge is 0.349 e. The summed E-state index contributed by atoms with van der Waals surface area (Å²) in [5.74, 6) is 0. The average molecular weight is 354 g/mol. The van der Waals surface area contributed by atoms with Crippen molar-refractivity contribution in [3.05, 3.63) is 65.5 Å². The molecule has 2 heterocycles. The number of methoxy groups -OCH3 is 1. The third kappa shape index (κ3) is 3.00. The lowest BCUT2D eigenvalue weighted by atomic mass is 10.2. The molecule has 5 nitrogen and oxygen atoms in total. The number of anilines is 1. The molecule has 0 spiro atoms. The molecule has 2 aromatic carbocycles. The fourth-order valence-electron chi connectivity index (χ4n) is 3.03. The van der Waals surface area contributed by atoms with Crippen molar-refractivity contribution in [2.24, 2.45) is 0 Å². The minimum Gasteiger partial charge on any atom is -0.356 e. The van der Waals surface area contributed by atoms with E-state index in [-0.39, 0.29) is 18.9 Å². The van der Waals surface area contributed by atoms with E-state index in [1.807, 2.05) is 42.5 Å². The quantitative estimate of drug-likeness (QED) is 0.637. The standard InChI is InChI=1S/C19H18N2O3S/c1-23-13-24-21-16(18-11-14-7-5-6-10-17(14)25-18)12-20(19(21)22)15-8-3-2-4-9-15/h2-11,16H,12-13H2,1H3. The van der Waals surface area contributed by atoms with Gasteiger partial charge in [0.05, 0.1) is 6.54 Å². The number of benzene rings is 2. The first-order chi connectivity index (χ1) is 12.3. The zero-order chi connectivity index (χ0) is 17.2. The van der Waals surface area contributed by atoms with Crippen LogP contribution in [0.3, 0.4) is 0 Å². The Morgan fingerprint density at radius 3 is 2.64 bits per heavy atom. The topological polar surface area (TPSA) is 42.0 Å². The molecule has 2 amide bonds. The fraction of sp³-hybridized carbons (Fsp3) is 0.211. The number of hydrogen-bond acceptors (Lipinski definition) is 4. The normalized spacial score (nSPS) is 17.6. The van der Waals surface area contributed by atoms with Gasteiger partial charge >= 0.3 is 6.03 Å². The molecule has 0 bridgehead atoms. The molecule has 1 atom stereocenters. The van der Waals surface area contributed by atoms with Crippen LogP contribution in [0.1, 0.15) is 10.9 Å². The van der Waals surface area contributed by atoms with Crippen LogP contribution in [0.15, 0.2) is 60.7 Å². The van der Waals surface area contributed by atoms with E-state index in [2.05, 4.69) is 18.2 Å². The van der Waals surface area contributed by atoms with Crippen LogP contribution in [0, 0.1) is 0 Å². The van der Waals surface area contributed by atoms with Gasteiger partial charge in [0.2, 0.25) is 0 Å². The molecule has 1 saturated heterocycles. The van der Waals surface area contributed by atoms with E-state index in [1.54, 1.807) is 23.3 Å². The molecule has 1 fully saturated rings. The summed E-state index contributed by atoms with van der Waals surface area (Å²) in [6, 6.07) is 19.7. The van der Waals surface area contributed by atoms with Gasteiger partial charge in [-0.1, -0.05) is 36.4 Å². The maximum Gasteiger partial charge on any atom is 0.349 e. The predicted molar refractivity (Wildman–Crippen MR) is 98.6 cm³/mol. The summed E-state index contributed by atoms with van der Waals surface area (Å²) >= 11 is 1.69. The SMILES string of the molecule is COCON1C(=O)N(c2ccccc2)CC1c1cc2ccccc2s1. The van der Waals surface area contributed by atoms with Crippen molar-refractivity contribution < 1.29 is 14.4 Å². The molecule has 3 aromatic rings. The average Bonchev–Trinajstić information content (AvgIpc) is 3.21. The van der Waals surface area contributed by atoms with Crippen LogP contribution >= 0.6 is 11.3 Å². The number of hydrogen-bond donors (Lipinski definition) is 0. The Bertz CT molecular complexity index is 848. The van der Waals surface area contributed by atoms with Gasteiger partial charge in [0.25, 0.3) is 0 Å². The second kappa shape index (κ2) is 6.84. The van der Waals surface area contributed by atoms with Crippen LogP contribution in [0.2, 0.25) is 0 Å². The van der Waals surface area contributed by atoms with Crippen LogP contribution < -0.4 is 4.90 Å². The van der Waals surface area contributed by atoms with Gasteiger partial charge < -0.3 is 4.74 Å². The molecule has 0 aliphatic carbocycles. The highest BCUT2D eigenvalue weighted by Gasteiger charge is 2.41. The third-order valence-electron chi connectivity index (χ3n) is 4.21. The number of nitrogens with zero attached hydrogens (tertiary/aromatic N) is 2. The van der Waals surface area contributed by atoms with E-state index in [0.29, 0.717) is 6.54 Å². The van der Waals surface area contributed by atoms with Crippen molar-refractivity contribution in [2.45, 2.75) is 6.04 Å². The van der Waals surface area contributed by atoms with Crippen molar-refractivity contribution in [1.29, 1.82) is 0 Å². The van der Waals surface area contributed by atoms with Crippen molar-refractivity contribution in [3.63, 3.8) is 0 Å². The lowest BCUT2D eigenvalue weighted by Gasteiger charge is -2.20. The van der Waals surface area contributed by atoms with Gasteiger partial charge in [0.1, 0.15) is 6.04 Å². The van der Waals surface area contributed by atoms with Gasteiger partial charge in [-0.15, -0.1) is 11.3 Å². The number of ether oxygens (including phenoxy) is 1. The number of hydroxylamine groups is 2. The number of amides is 2. The van der Waals surface area contributed by atoms with Gasteiger partial charge in [-0.2, -0.15) is 5.06 Å². The summed E-state index contributed by atoms with van der Waals surface area (Å²) in [4.78, 5) is 21.3. The van der Waals surface area contributed by atoms with Crippen molar-refractivity contribution >= 4 is 33.1 Å². The van der Waals surface area contributed by atoms with Gasteiger partial charge in [0.15, 0.2) is 6.79 Å². The Kier molecular flexibility index (Phi) is 4.40. The molecule has 1 aliphatic rings. The first-order valence-corrected chi connectivity index (χ1v) is 8.85. The number of para-hydroxylation sites is 1. The molecule has 25 heavy (non-hydrogen) atoms. The minimum absolute atomic E-state index is 0.0375. The number of rotatable bonds is 5. The van der Waals surface area contributed by atoms with Crippen molar-refractivity contribution in [3.8, 4) is 0 Å². The van der Waals surface area contributed by atoms with Crippen LogP contribution in [-0.4, -0.2) is 31.5 Å². The van der Waals surface area contributed by atoms with E-state index >= 15 is 0 Å². The molecule has 0 saturated carbocycles. The van der Waals surface area contributed by atoms with Crippen molar-refractivity contribution in [1.82, 2.24) is 5.06 Å². The molecular formula is C19H18N2O3S. The van der Waals surface area contributed by atoms with Crippen LogP contribution in [0.25, 0.3) is 10.1 Å². The Labute approximate surface area is 149 Å². The second-order valence-corrected chi connectivity index (χ2v) is 6.91. The zero-order valence-corrected chi connectivity index (χ0v) is 14.6. The Balaban J connectivity index is 1.69. The van der Waals surface area contributed by atoms with Gasteiger partial charge in [0, 0.05) is 22.4 Å². The van der Waals surface area contributed by atoms with Crippen LogP contribution in [0.5, 0.6) is 0 Å². The monoisotopic (exact) mass is 354 g/mol. The highest BCUT2D eigenvalue weighted by Crippen LogP contribution is 2.38. The Morgan fingerprint density at radius 1 is 1.12 bits per heavy atom. The Morgan fingerprint density at radius 2 is 1.88 bits per heavy atom. The summed E-state index contributed by atoms with van der Waals surface area (Å²) in [5, 5.41) is 2.61. The summed E-state index contributed by atoms with van der Waals surface area (Å²) < 4.78 is 6.21. The first kappa shape index (κ1) is 16.1. The number of fused-ring (bicyclic) bond motifs is 1. The van der Waals surface area contributed by atoms with E-state index in [0.717, 1.165) is 10.6 Å². The molecule has 1 unspecified atom stereocenters. The first-order valence-electron chi connectivity index (χ1n) is 8.04. The number of urea groups is 1. The Hall–Kier alpha value is -2.41. The number of thiophene rings is 1. The molecular weight excluding hydrogens is 336 g/mol. The highest BCUT2D eigenvalue weighted by molar-refractivity contribution is 7.19. The minimum atomic E-state index is -0.175. The van der Waals surface area contributed by atoms with E-state index < -0.39 is 0 Å². The summed E-state index contributed by atoms with van der Waals surface area (Å²) in [5.41, 5.74) is 0.863. The second-order valence-electron chi connectivity index (χ2n) is 5.79. The molecule has 128 valence electrons. The van der Waals surface area contributed by atoms with Crippen LogP contribution in [-0.2, 0) is 9.57 Å².